The summed E-state index contributed by atoms with van der Waals surface area (Å²) in [6, 6.07) is 0.716. The molecule has 0 amide bonds. The van der Waals surface area contributed by atoms with Crippen molar-refractivity contribution in [2.24, 2.45) is 5.92 Å². The quantitative estimate of drug-likeness (QED) is 0.580. The summed E-state index contributed by atoms with van der Waals surface area (Å²) in [5, 5.41) is 3.65. The Morgan fingerprint density at radius 3 is 2.71 bits per heavy atom. The minimum atomic E-state index is 0.716. The van der Waals surface area contributed by atoms with E-state index in [1.54, 1.807) is 0 Å². The van der Waals surface area contributed by atoms with Gasteiger partial charge in [-0.1, -0.05) is 39.0 Å². The second-order valence-corrected chi connectivity index (χ2v) is 6.73. The molecule has 102 valence electrons. The van der Waals surface area contributed by atoms with E-state index < -0.39 is 0 Å². The Hall–Kier alpha value is 0.310. The largest absolute Gasteiger partial charge is 0.313 e. The minimum absolute atomic E-state index is 0.716. The lowest BCUT2D eigenvalue weighted by atomic mass is 10.1. The third-order valence-electron chi connectivity index (χ3n) is 3.81. The predicted octanol–water partition coefficient (Wildman–Crippen LogP) is 4.47. The van der Waals surface area contributed by atoms with E-state index in [1.807, 2.05) is 0 Å². The Kier molecular flexibility index (Phi) is 9.27. The Labute approximate surface area is 113 Å². The Morgan fingerprint density at radius 1 is 1.24 bits per heavy atom. The lowest BCUT2D eigenvalue weighted by Crippen LogP contribution is -2.28. The fraction of sp³-hybridized carbons (Fsp3) is 1.00. The number of hydrogen-bond donors (Lipinski definition) is 1. The standard InChI is InChI=1S/C15H31NS/c1-3-4-5-8-14(2)16-11-12-17-13-15-9-6-7-10-15/h14-16H,3-13H2,1-2H3. The van der Waals surface area contributed by atoms with Crippen LogP contribution < -0.4 is 5.32 Å². The second kappa shape index (κ2) is 10.3. The molecule has 1 fully saturated rings. The first-order valence-electron chi connectivity index (χ1n) is 7.64. The fourth-order valence-electron chi connectivity index (χ4n) is 2.61. The summed E-state index contributed by atoms with van der Waals surface area (Å²) >= 11 is 2.16. The van der Waals surface area contributed by atoms with Crippen LogP contribution in [0.1, 0.15) is 65.2 Å². The summed E-state index contributed by atoms with van der Waals surface area (Å²) < 4.78 is 0. The van der Waals surface area contributed by atoms with Crippen LogP contribution in [0.5, 0.6) is 0 Å². The highest BCUT2D eigenvalue weighted by atomic mass is 32.2. The van der Waals surface area contributed by atoms with Gasteiger partial charge in [0.2, 0.25) is 0 Å². The van der Waals surface area contributed by atoms with Crippen molar-refractivity contribution in [1.82, 2.24) is 5.32 Å². The predicted molar refractivity (Wildman–Crippen MR) is 80.9 cm³/mol. The van der Waals surface area contributed by atoms with Gasteiger partial charge in [-0.15, -0.1) is 0 Å². The summed E-state index contributed by atoms with van der Waals surface area (Å²) in [6.07, 6.45) is 11.4. The van der Waals surface area contributed by atoms with Crippen LogP contribution in [0.4, 0.5) is 0 Å². The maximum Gasteiger partial charge on any atom is 0.00583 e. The molecule has 0 radical (unpaired) electrons. The van der Waals surface area contributed by atoms with E-state index in [0.29, 0.717) is 6.04 Å². The van der Waals surface area contributed by atoms with Crippen molar-refractivity contribution < 1.29 is 0 Å². The monoisotopic (exact) mass is 257 g/mol. The number of rotatable bonds is 10. The van der Waals surface area contributed by atoms with Gasteiger partial charge in [0.1, 0.15) is 0 Å². The number of nitrogens with one attached hydrogen (secondary N) is 1. The second-order valence-electron chi connectivity index (χ2n) is 5.58. The molecule has 17 heavy (non-hydrogen) atoms. The molecule has 0 aromatic rings. The smallest absolute Gasteiger partial charge is 0.00583 e. The van der Waals surface area contributed by atoms with Gasteiger partial charge in [-0.2, -0.15) is 11.8 Å². The molecule has 2 heteroatoms. The van der Waals surface area contributed by atoms with E-state index in [4.69, 9.17) is 0 Å². The van der Waals surface area contributed by atoms with E-state index in [2.05, 4.69) is 30.9 Å². The van der Waals surface area contributed by atoms with E-state index in [1.165, 1.54) is 69.4 Å². The average Bonchev–Trinajstić information content (AvgIpc) is 2.82. The van der Waals surface area contributed by atoms with E-state index in [-0.39, 0.29) is 0 Å². The van der Waals surface area contributed by atoms with Gasteiger partial charge in [-0.3, -0.25) is 0 Å². The van der Waals surface area contributed by atoms with Crippen LogP contribution in [0.15, 0.2) is 0 Å². The van der Waals surface area contributed by atoms with Crippen molar-refractivity contribution in [3.8, 4) is 0 Å². The zero-order valence-corrected chi connectivity index (χ0v) is 12.7. The average molecular weight is 257 g/mol. The molecule has 1 unspecified atom stereocenters. The van der Waals surface area contributed by atoms with Gasteiger partial charge in [-0.25, -0.2) is 0 Å². The van der Waals surface area contributed by atoms with Crippen molar-refractivity contribution in [3.63, 3.8) is 0 Å². The van der Waals surface area contributed by atoms with E-state index in [0.717, 1.165) is 5.92 Å². The number of unbranched alkanes of at least 4 members (excludes halogenated alkanes) is 2. The minimum Gasteiger partial charge on any atom is -0.313 e. The number of hydrogen-bond acceptors (Lipinski definition) is 2. The molecule has 1 saturated carbocycles. The highest BCUT2D eigenvalue weighted by Gasteiger charge is 2.14. The number of thioether (sulfide) groups is 1. The summed E-state index contributed by atoms with van der Waals surface area (Å²) in [6.45, 7) is 5.81. The SMILES string of the molecule is CCCCCC(C)NCCSCC1CCCC1. The van der Waals surface area contributed by atoms with Crippen LogP contribution in [0.3, 0.4) is 0 Å². The molecule has 1 atom stereocenters. The molecular weight excluding hydrogens is 226 g/mol. The van der Waals surface area contributed by atoms with Crippen LogP contribution in [-0.2, 0) is 0 Å². The zero-order valence-electron chi connectivity index (χ0n) is 11.8. The molecule has 0 spiro atoms. The lowest BCUT2D eigenvalue weighted by Gasteiger charge is -2.14. The summed E-state index contributed by atoms with van der Waals surface area (Å²) in [5.74, 6) is 3.75. The van der Waals surface area contributed by atoms with Crippen molar-refractivity contribution >= 4 is 11.8 Å². The van der Waals surface area contributed by atoms with Crippen LogP contribution in [0, 0.1) is 5.92 Å². The molecule has 1 nitrogen and oxygen atoms in total. The Balaban J connectivity index is 1.82. The van der Waals surface area contributed by atoms with Crippen LogP contribution >= 0.6 is 11.8 Å². The zero-order chi connectivity index (χ0) is 12.3. The van der Waals surface area contributed by atoms with Gasteiger partial charge in [0.25, 0.3) is 0 Å². The molecule has 0 aromatic carbocycles. The first-order chi connectivity index (χ1) is 8.33. The van der Waals surface area contributed by atoms with Crippen LogP contribution in [0.2, 0.25) is 0 Å². The molecule has 0 heterocycles. The summed E-state index contributed by atoms with van der Waals surface area (Å²) in [7, 11) is 0. The van der Waals surface area contributed by atoms with Crippen LogP contribution in [0.25, 0.3) is 0 Å². The third-order valence-corrected chi connectivity index (χ3v) is 5.01. The van der Waals surface area contributed by atoms with E-state index >= 15 is 0 Å². The first-order valence-corrected chi connectivity index (χ1v) is 8.79. The first kappa shape index (κ1) is 15.4. The molecule has 1 aliphatic carbocycles. The van der Waals surface area contributed by atoms with Crippen LogP contribution in [-0.4, -0.2) is 24.1 Å². The molecule has 0 bridgehead atoms. The summed E-state index contributed by atoms with van der Waals surface area (Å²) in [4.78, 5) is 0. The molecule has 1 N–H and O–H groups in total. The van der Waals surface area contributed by atoms with Crippen molar-refractivity contribution in [2.45, 2.75) is 71.3 Å². The molecule has 0 aliphatic heterocycles. The highest BCUT2D eigenvalue weighted by Crippen LogP contribution is 2.27. The molecule has 1 rings (SSSR count). The molecule has 0 aromatic heterocycles. The van der Waals surface area contributed by atoms with Crippen molar-refractivity contribution in [1.29, 1.82) is 0 Å². The topological polar surface area (TPSA) is 12.0 Å². The maximum absolute atomic E-state index is 3.65. The normalized spacial score (nSPS) is 18.7. The van der Waals surface area contributed by atoms with Gasteiger partial charge in [0.15, 0.2) is 0 Å². The summed E-state index contributed by atoms with van der Waals surface area (Å²) in [5.41, 5.74) is 0. The Morgan fingerprint density at radius 2 is 2.00 bits per heavy atom. The third kappa shape index (κ3) is 8.10. The van der Waals surface area contributed by atoms with E-state index in [9.17, 15) is 0 Å². The molecular formula is C15H31NS. The van der Waals surface area contributed by atoms with Crippen molar-refractivity contribution in [3.05, 3.63) is 0 Å². The van der Waals surface area contributed by atoms with Gasteiger partial charge in [0, 0.05) is 18.3 Å². The van der Waals surface area contributed by atoms with Gasteiger partial charge >= 0.3 is 0 Å². The lowest BCUT2D eigenvalue weighted by molar-refractivity contribution is 0.501. The molecule has 1 aliphatic rings. The van der Waals surface area contributed by atoms with Gasteiger partial charge in [0.05, 0.1) is 0 Å². The Bertz CT molecular complexity index is 166. The maximum atomic E-state index is 3.65. The van der Waals surface area contributed by atoms with Gasteiger partial charge in [-0.05, 0) is 37.9 Å². The fourth-order valence-corrected chi connectivity index (χ4v) is 3.70. The molecule has 0 saturated heterocycles. The van der Waals surface area contributed by atoms with Gasteiger partial charge < -0.3 is 5.32 Å². The van der Waals surface area contributed by atoms with Crippen molar-refractivity contribution in [2.75, 3.05) is 18.1 Å². The highest BCUT2D eigenvalue weighted by molar-refractivity contribution is 7.99.